The van der Waals surface area contributed by atoms with Crippen molar-refractivity contribution in [2.24, 2.45) is 0 Å². The molecule has 0 aliphatic heterocycles. The van der Waals surface area contributed by atoms with Crippen LogP contribution < -0.4 is 0 Å². The number of para-hydroxylation sites is 1. The van der Waals surface area contributed by atoms with Crippen LogP contribution in [-0.2, 0) is 0 Å². The highest BCUT2D eigenvalue weighted by Gasteiger charge is 2.21. The van der Waals surface area contributed by atoms with Gasteiger partial charge >= 0.3 is 0 Å². The Bertz CT molecular complexity index is 827. The molecule has 0 bridgehead atoms. The lowest BCUT2D eigenvalue weighted by molar-refractivity contribution is 0.0995. The number of rotatable bonds is 0. The smallest absolute Gasteiger partial charge is 0.171 e. The van der Waals surface area contributed by atoms with Crippen molar-refractivity contribution in [3.8, 4) is 0 Å². The minimum Gasteiger partial charge on any atom is -0.454 e. The molecule has 2 heterocycles. The fourth-order valence-corrected chi connectivity index (χ4v) is 2.47. The van der Waals surface area contributed by atoms with Gasteiger partial charge in [-0.15, -0.1) is 0 Å². The van der Waals surface area contributed by atoms with Gasteiger partial charge in [0.25, 0.3) is 0 Å². The molecule has 0 saturated heterocycles. The van der Waals surface area contributed by atoms with Crippen molar-refractivity contribution in [1.29, 1.82) is 0 Å². The summed E-state index contributed by atoms with van der Waals surface area (Å²) in [6, 6.07) is 7.72. The van der Waals surface area contributed by atoms with E-state index in [2.05, 4.69) is 4.98 Å². The third kappa shape index (κ3) is 1.13. The maximum absolute atomic E-state index is 12.0. The molecule has 0 atom stereocenters. The van der Waals surface area contributed by atoms with Crippen LogP contribution in [-0.4, -0.2) is 10.8 Å². The molecule has 1 aliphatic carbocycles. The van der Waals surface area contributed by atoms with Crippen LogP contribution in [0.15, 0.2) is 41.0 Å². The number of carbonyl (C=O) groups is 1. The summed E-state index contributed by atoms with van der Waals surface area (Å²) in [6.07, 6.45) is 5.97. The van der Waals surface area contributed by atoms with E-state index in [4.69, 9.17) is 4.42 Å². The predicted molar refractivity (Wildman–Crippen MR) is 69.5 cm³/mol. The second-order valence-electron chi connectivity index (χ2n) is 4.39. The number of fused-ring (bicyclic) bond motifs is 5. The number of carbonyl (C=O) groups excluding carboxylic acids is 1. The van der Waals surface area contributed by atoms with Gasteiger partial charge in [-0.2, -0.15) is 0 Å². The Morgan fingerprint density at radius 3 is 3.06 bits per heavy atom. The van der Waals surface area contributed by atoms with Crippen LogP contribution in [0.5, 0.6) is 0 Å². The largest absolute Gasteiger partial charge is 0.454 e. The Hall–Kier alpha value is -2.42. The maximum Gasteiger partial charge on any atom is 0.171 e. The summed E-state index contributed by atoms with van der Waals surface area (Å²) in [4.78, 5) is 16.5. The van der Waals surface area contributed by atoms with Gasteiger partial charge in [-0.05, 0) is 12.1 Å². The number of aromatic nitrogens is 1. The first-order valence-corrected chi connectivity index (χ1v) is 5.84. The summed E-state index contributed by atoms with van der Waals surface area (Å²) in [5, 5.41) is 0.956. The van der Waals surface area contributed by atoms with Gasteiger partial charge in [-0.1, -0.05) is 24.3 Å². The third-order valence-corrected chi connectivity index (χ3v) is 3.30. The van der Waals surface area contributed by atoms with E-state index in [0.29, 0.717) is 17.6 Å². The zero-order valence-electron chi connectivity index (χ0n) is 9.51. The fraction of sp³-hybridized carbons (Fsp3) is 0.0667. The molecule has 0 fully saturated rings. The van der Waals surface area contributed by atoms with E-state index in [1.807, 2.05) is 36.4 Å². The number of nitrogens with zero attached hydrogens (tertiary/aromatic N) is 1. The highest BCUT2D eigenvalue weighted by atomic mass is 16.3. The molecule has 0 N–H and O–H groups in total. The van der Waals surface area contributed by atoms with Gasteiger partial charge in [0.1, 0.15) is 11.1 Å². The molecule has 0 spiro atoms. The molecule has 1 aromatic carbocycles. The van der Waals surface area contributed by atoms with Gasteiger partial charge in [0, 0.05) is 23.6 Å². The van der Waals surface area contributed by atoms with E-state index in [1.54, 1.807) is 6.20 Å². The van der Waals surface area contributed by atoms with Crippen LogP contribution in [0.4, 0.5) is 0 Å². The zero-order valence-corrected chi connectivity index (χ0v) is 9.51. The Kier molecular flexibility index (Phi) is 1.75. The van der Waals surface area contributed by atoms with Crippen LogP contribution in [0.3, 0.4) is 0 Å². The van der Waals surface area contributed by atoms with Gasteiger partial charge in [0.2, 0.25) is 0 Å². The molecular weight excluding hydrogens is 226 g/mol. The molecule has 1 aliphatic rings. The standard InChI is InChI=1S/C15H9NO2/c17-11-6-3-4-9-8-16-14-10-5-1-2-7-12(10)18-15(14)13(9)11/h1-5,7-8H,6H2. The molecule has 0 unspecified atom stereocenters. The van der Waals surface area contributed by atoms with Crippen LogP contribution >= 0.6 is 0 Å². The average Bonchev–Trinajstić information content (AvgIpc) is 2.77. The summed E-state index contributed by atoms with van der Waals surface area (Å²) in [5.41, 5.74) is 3.67. The van der Waals surface area contributed by atoms with Crippen molar-refractivity contribution >= 4 is 33.9 Å². The van der Waals surface area contributed by atoms with Gasteiger partial charge in [0.15, 0.2) is 11.4 Å². The number of hydrogen-bond acceptors (Lipinski definition) is 3. The first-order valence-electron chi connectivity index (χ1n) is 5.84. The van der Waals surface area contributed by atoms with Crippen molar-refractivity contribution in [2.45, 2.75) is 6.42 Å². The van der Waals surface area contributed by atoms with Crippen LogP contribution in [0.1, 0.15) is 22.3 Å². The Labute approximate surface area is 103 Å². The summed E-state index contributed by atoms with van der Waals surface area (Å²) >= 11 is 0. The highest BCUT2D eigenvalue weighted by molar-refractivity contribution is 6.15. The Morgan fingerprint density at radius 2 is 2.11 bits per heavy atom. The minimum absolute atomic E-state index is 0.0963. The molecule has 4 rings (SSSR count). The summed E-state index contributed by atoms with van der Waals surface area (Å²) in [5.74, 6) is 0.0963. The van der Waals surface area contributed by atoms with Crippen molar-refractivity contribution < 1.29 is 9.21 Å². The number of ketones is 1. The summed E-state index contributed by atoms with van der Waals surface area (Å²) in [6.45, 7) is 0. The lowest BCUT2D eigenvalue weighted by atomic mass is 9.97. The highest BCUT2D eigenvalue weighted by Crippen LogP contribution is 2.33. The van der Waals surface area contributed by atoms with Crippen LogP contribution in [0, 0.1) is 0 Å². The summed E-state index contributed by atoms with van der Waals surface area (Å²) in [7, 11) is 0. The second kappa shape index (κ2) is 3.29. The minimum atomic E-state index is 0.0963. The van der Waals surface area contributed by atoms with E-state index in [-0.39, 0.29) is 5.78 Å². The first-order chi connectivity index (χ1) is 8.84. The third-order valence-electron chi connectivity index (χ3n) is 3.30. The van der Waals surface area contributed by atoms with E-state index in [1.165, 1.54) is 0 Å². The van der Waals surface area contributed by atoms with Gasteiger partial charge in [-0.3, -0.25) is 9.78 Å². The quantitative estimate of drug-likeness (QED) is 0.598. The topological polar surface area (TPSA) is 43.1 Å². The van der Waals surface area contributed by atoms with E-state index in [9.17, 15) is 4.79 Å². The van der Waals surface area contributed by atoms with Crippen LogP contribution in [0.2, 0.25) is 0 Å². The van der Waals surface area contributed by atoms with Crippen molar-refractivity contribution in [2.75, 3.05) is 0 Å². The van der Waals surface area contributed by atoms with E-state index >= 15 is 0 Å². The molecule has 0 radical (unpaired) electrons. The fourth-order valence-electron chi connectivity index (χ4n) is 2.47. The van der Waals surface area contributed by atoms with Gasteiger partial charge < -0.3 is 4.42 Å². The Morgan fingerprint density at radius 1 is 1.22 bits per heavy atom. The van der Waals surface area contributed by atoms with Crippen molar-refractivity contribution in [1.82, 2.24) is 4.98 Å². The average molecular weight is 235 g/mol. The zero-order chi connectivity index (χ0) is 12.1. The molecule has 3 aromatic rings. The second-order valence-corrected chi connectivity index (χ2v) is 4.39. The van der Waals surface area contributed by atoms with Crippen molar-refractivity contribution in [3.05, 3.63) is 47.7 Å². The SMILES string of the molecule is O=C1CC=Cc2cnc3c(oc4ccccc43)c21. The van der Waals surface area contributed by atoms with E-state index < -0.39 is 0 Å². The normalized spacial score (nSPS) is 14.3. The molecule has 3 nitrogen and oxygen atoms in total. The number of furan rings is 1. The van der Waals surface area contributed by atoms with Crippen molar-refractivity contribution in [3.63, 3.8) is 0 Å². The number of benzene rings is 1. The lowest BCUT2D eigenvalue weighted by Gasteiger charge is -2.08. The molecular formula is C15H9NO2. The number of Topliss-reactive ketones (excluding diaryl/α,β-unsaturated/α-hetero) is 1. The first kappa shape index (κ1) is 9.59. The van der Waals surface area contributed by atoms with Crippen LogP contribution in [0.25, 0.3) is 28.1 Å². The summed E-state index contributed by atoms with van der Waals surface area (Å²) < 4.78 is 5.80. The molecule has 0 saturated carbocycles. The number of hydrogen-bond donors (Lipinski definition) is 0. The van der Waals surface area contributed by atoms with Gasteiger partial charge in [-0.25, -0.2) is 0 Å². The maximum atomic E-state index is 12.0. The molecule has 18 heavy (non-hydrogen) atoms. The Balaban J connectivity index is 2.24. The van der Waals surface area contributed by atoms with Gasteiger partial charge in [0.05, 0.1) is 5.56 Å². The monoisotopic (exact) mass is 235 g/mol. The predicted octanol–water partition coefficient (Wildman–Crippen LogP) is 3.58. The molecule has 3 heteroatoms. The number of pyridine rings is 1. The molecule has 2 aromatic heterocycles. The number of allylic oxidation sites excluding steroid dienone is 1. The molecule has 0 amide bonds. The molecule has 86 valence electrons. The van der Waals surface area contributed by atoms with E-state index in [0.717, 1.165) is 22.0 Å². The lowest BCUT2D eigenvalue weighted by Crippen LogP contribution is -2.05.